The minimum absolute atomic E-state index is 0.0702. The molecule has 29 heavy (non-hydrogen) atoms. The molecule has 0 aromatic heterocycles. The predicted octanol–water partition coefficient (Wildman–Crippen LogP) is 5.62. The summed E-state index contributed by atoms with van der Waals surface area (Å²) in [6, 6.07) is 7.94. The van der Waals surface area contributed by atoms with Gasteiger partial charge in [-0.15, -0.1) is 0 Å². The van der Waals surface area contributed by atoms with Crippen LogP contribution in [-0.2, 0) is 11.0 Å². The fraction of sp³-hybridized carbons (Fsp3) is 0.333. The number of anilines is 2. The molecular formula is C21H20F4N2O2. The van der Waals surface area contributed by atoms with E-state index in [1.54, 1.807) is 0 Å². The number of benzene rings is 2. The normalized spacial score (nSPS) is 15.0. The standard InChI is InChI=1S/C21H20F4N2O2/c22-18-9-5-4-8-17(18)20(29)27-16-11-14(21(23,24)25)10-15(12-16)26-19(28)13-6-2-1-3-7-13/h4-5,8-13H,1-3,6-7H2,(H,26,28)(H,27,29). The third kappa shape index (κ3) is 5.34. The highest BCUT2D eigenvalue weighted by Gasteiger charge is 2.32. The van der Waals surface area contributed by atoms with Gasteiger partial charge in [-0.2, -0.15) is 13.2 Å². The highest BCUT2D eigenvalue weighted by Crippen LogP contribution is 2.34. The first kappa shape index (κ1) is 20.8. The fourth-order valence-electron chi connectivity index (χ4n) is 3.39. The van der Waals surface area contributed by atoms with E-state index in [1.165, 1.54) is 24.3 Å². The number of alkyl halides is 3. The quantitative estimate of drug-likeness (QED) is 0.646. The third-order valence-corrected chi connectivity index (χ3v) is 4.88. The van der Waals surface area contributed by atoms with Crippen molar-refractivity contribution in [3.8, 4) is 0 Å². The molecule has 1 fully saturated rings. The Morgan fingerprint density at radius 1 is 0.897 bits per heavy atom. The molecule has 1 aliphatic carbocycles. The molecule has 8 heteroatoms. The molecule has 1 saturated carbocycles. The zero-order chi connectivity index (χ0) is 21.0. The zero-order valence-electron chi connectivity index (χ0n) is 15.5. The van der Waals surface area contributed by atoms with E-state index in [9.17, 15) is 27.2 Å². The van der Waals surface area contributed by atoms with Crippen LogP contribution >= 0.6 is 0 Å². The van der Waals surface area contributed by atoms with E-state index >= 15 is 0 Å². The van der Waals surface area contributed by atoms with Crippen LogP contribution in [0.1, 0.15) is 48.0 Å². The molecule has 3 rings (SSSR count). The highest BCUT2D eigenvalue weighted by molar-refractivity contribution is 6.05. The summed E-state index contributed by atoms with van der Waals surface area (Å²) in [5, 5.41) is 4.80. The topological polar surface area (TPSA) is 58.2 Å². The monoisotopic (exact) mass is 408 g/mol. The molecule has 0 unspecified atom stereocenters. The molecule has 0 radical (unpaired) electrons. The minimum atomic E-state index is -4.68. The van der Waals surface area contributed by atoms with Crippen LogP contribution in [0.15, 0.2) is 42.5 Å². The van der Waals surface area contributed by atoms with Gasteiger partial charge in [0.05, 0.1) is 11.1 Å². The molecule has 1 aliphatic rings. The van der Waals surface area contributed by atoms with Gasteiger partial charge in [-0.1, -0.05) is 31.4 Å². The van der Waals surface area contributed by atoms with E-state index in [2.05, 4.69) is 10.6 Å². The van der Waals surface area contributed by atoms with Crippen molar-refractivity contribution in [2.24, 2.45) is 5.92 Å². The lowest BCUT2D eigenvalue weighted by atomic mass is 9.88. The lowest BCUT2D eigenvalue weighted by Crippen LogP contribution is -2.25. The first-order valence-corrected chi connectivity index (χ1v) is 9.33. The molecular weight excluding hydrogens is 388 g/mol. The number of hydrogen-bond donors (Lipinski definition) is 2. The van der Waals surface area contributed by atoms with E-state index in [0.717, 1.165) is 37.5 Å². The van der Waals surface area contributed by atoms with Crippen molar-refractivity contribution in [1.82, 2.24) is 0 Å². The first-order valence-electron chi connectivity index (χ1n) is 9.33. The Balaban J connectivity index is 1.84. The van der Waals surface area contributed by atoms with Crippen LogP contribution in [0.3, 0.4) is 0 Å². The predicted molar refractivity (Wildman–Crippen MR) is 101 cm³/mol. The molecule has 4 nitrogen and oxygen atoms in total. The van der Waals surface area contributed by atoms with Crippen LogP contribution in [-0.4, -0.2) is 11.8 Å². The van der Waals surface area contributed by atoms with E-state index in [-0.39, 0.29) is 28.8 Å². The van der Waals surface area contributed by atoms with Crippen LogP contribution in [0, 0.1) is 11.7 Å². The molecule has 0 heterocycles. The zero-order valence-corrected chi connectivity index (χ0v) is 15.5. The maximum Gasteiger partial charge on any atom is 0.416 e. The Hall–Kier alpha value is -2.90. The average Bonchev–Trinajstić information content (AvgIpc) is 2.68. The maximum absolute atomic E-state index is 13.8. The molecule has 2 aromatic rings. The molecule has 154 valence electrons. The summed E-state index contributed by atoms with van der Waals surface area (Å²) in [5.74, 6) is -2.25. The van der Waals surface area contributed by atoms with Crippen molar-refractivity contribution in [2.75, 3.05) is 10.6 Å². The van der Waals surface area contributed by atoms with Gasteiger partial charge >= 0.3 is 6.18 Å². The van der Waals surface area contributed by atoms with E-state index in [4.69, 9.17) is 0 Å². The van der Waals surface area contributed by atoms with Crippen molar-refractivity contribution in [1.29, 1.82) is 0 Å². The van der Waals surface area contributed by atoms with E-state index in [0.29, 0.717) is 12.8 Å². The minimum Gasteiger partial charge on any atom is -0.326 e. The Morgan fingerprint density at radius 2 is 1.52 bits per heavy atom. The third-order valence-electron chi connectivity index (χ3n) is 4.88. The van der Waals surface area contributed by atoms with Gasteiger partial charge in [-0.3, -0.25) is 9.59 Å². The summed E-state index contributed by atoms with van der Waals surface area (Å²) >= 11 is 0. The molecule has 0 bridgehead atoms. The smallest absolute Gasteiger partial charge is 0.326 e. The van der Waals surface area contributed by atoms with Crippen molar-refractivity contribution < 1.29 is 27.2 Å². The fourth-order valence-corrected chi connectivity index (χ4v) is 3.39. The largest absolute Gasteiger partial charge is 0.416 e. The summed E-state index contributed by atoms with van der Waals surface area (Å²) in [5.41, 5.74) is -1.58. The second-order valence-corrected chi connectivity index (χ2v) is 7.05. The van der Waals surface area contributed by atoms with Crippen LogP contribution in [0.25, 0.3) is 0 Å². The molecule has 2 amide bonds. The van der Waals surface area contributed by atoms with Gasteiger partial charge in [0.15, 0.2) is 0 Å². The van der Waals surface area contributed by atoms with Crippen molar-refractivity contribution >= 4 is 23.2 Å². The Kier molecular flexibility index (Phi) is 6.20. The first-order chi connectivity index (χ1) is 13.7. The Bertz CT molecular complexity index is 906. The molecule has 2 N–H and O–H groups in total. The van der Waals surface area contributed by atoms with Crippen LogP contribution in [0.5, 0.6) is 0 Å². The van der Waals surface area contributed by atoms with Gasteiger partial charge in [0, 0.05) is 17.3 Å². The Morgan fingerprint density at radius 3 is 2.14 bits per heavy atom. The van der Waals surface area contributed by atoms with Gasteiger partial charge in [0.25, 0.3) is 5.91 Å². The number of nitrogens with one attached hydrogen (secondary N) is 2. The van der Waals surface area contributed by atoms with Gasteiger partial charge < -0.3 is 10.6 Å². The molecule has 0 saturated heterocycles. The number of halogens is 4. The SMILES string of the molecule is O=C(Nc1cc(NC(=O)C2CCCCC2)cc(C(F)(F)F)c1)c1ccccc1F. The number of rotatable bonds is 4. The number of carbonyl (C=O) groups excluding carboxylic acids is 2. The lowest BCUT2D eigenvalue weighted by Gasteiger charge is -2.21. The summed E-state index contributed by atoms with van der Waals surface area (Å²) in [4.78, 5) is 24.7. The molecule has 2 aromatic carbocycles. The number of carbonyl (C=O) groups is 2. The Labute approximate surface area is 165 Å². The van der Waals surface area contributed by atoms with E-state index < -0.39 is 23.5 Å². The van der Waals surface area contributed by atoms with Crippen LogP contribution in [0.4, 0.5) is 28.9 Å². The molecule has 0 aliphatic heterocycles. The number of amides is 2. The lowest BCUT2D eigenvalue weighted by molar-refractivity contribution is -0.137. The van der Waals surface area contributed by atoms with Crippen molar-refractivity contribution in [2.45, 2.75) is 38.3 Å². The van der Waals surface area contributed by atoms with Crippen LogP contribution < -0.4 is 10.6 Å². The summed E-state index contributed by atoms with van der Waals surface area (Å²) in [7, 11) is 0. The number of hydrogen-bond acceptors (Lipinski definition) is 2. The summed E-state index contributed by atoms with van der Waals surface area (Å²) in [6.07, 6.45) is -0.429. The average molecular weight is 408 g/mol. The molecule has 0 spiro atoms. The maximum atomic E-state index is 13.8. The van der Waals surface area contributed by atoms with E-state index in [1.807, 2.05) is 0 Å². The molecule has 0 atom stereocenters. The highest BCUT2D eigenvalue weighted by atomic mass is 19.4. The second-order valence-electron chi connectivity index (χ2n) is 7.05. The van der Waals surface area contributed by atoms with Gasteiger partial charge in [-0.25, -0.2) is 4.39 Å². The van der Waals surface area contributed by atoms with Gasteiger partial charge in [0.1, 0.15) is 5.82 Å². The van der Waals surface area contributed by atoms with Gasteiger partial charge in [0.2, 0.25) is 5.91 Å². The van der Waals surface area contributed by atoms with Crippen molar-refractivity contribution in [3.63, 3.8) is 0 Å². The second kappa shape index (κ2) is 8.63. The van der Waals surface area contributed by atoms with Crippen molar-refractivity contribution in [3.05, 3.63) is 59.4 Å². The van der Waals surface area contributed by atoms with Gasteiger partial charge in [-0.05, 0) is 43.2 Å². The van der Waals surface area contributed by atoms with Crippen LogP contribution in [0.2, 0.25) is 0 Å². The summed E-state index contributed by atoms with van der Waals surface area (Å²) in [6.45, 7) is 0. The summed E-state index contributed by atoms with van der Waals surface area (Å²) < 4.78 is 53.6.